The molecule has 1 unspecified atom stereocenters. The van der Waals surface area contributed by atoms with Crippen LogP contribution in [0, 0.1) is 0 Å². The van der Waals surface area contributed by atoms with Crippen LogP contribution in [0.1, 0.15) is 44.8 Å². The molecule has 0 saturated heterocycles. The molecule has 0 saturated carbocycles. The summed E-state index contributed by atoms with van der Waals surface area (Å²) >= 11 is 0. The summed E-state index contributed by atoms with van der Waals surface area (Å²) in [6.45, 7) is 2.54. The second-order valence-electron chi connectivity index (χ2n) is 8.87. The first-order chi connectivity index (χ1) is 17.5. The normalized spacial score (nSPS) is 11.8. The number of benzene rings is 4. The van der Waals surface area contributed by atoms with Gasteiger partial charge in [0.1, 0.15) is 0 Å². The molecule has 5 nitrogen and oxygen atoms in total. The van der Waals surface area contributed by atoms with Crippen LogP contribution in [0.2, 0.25) is 0 Å². The first-order valence-corrected chi connectivity index (χ1v) is 11.9. The number of amides is 1. The van der Waals surface area contributed by atoms with Crippen molar-refractivity contribution < 1.29 is 14.7 Å². The Morgan fingerprint density at radius 2 is 1.50 bits per heavy atom. The molecule has 1 amide bonds. The molecule has 5 aromatic rings. The Balaban J connectivity index is 1.37. The lowest BCUT2D eigenvalue weighted by molar-refractivity contribution is 0.0696. The highest BCUT2D eigenvalue weighted by atomic mass is 16.4. The summed E-state index contributed by atoms with van der Waals surface area (Å²) in [5.41, 5.74) is 6.05. The number of hydrogen-bond donors (Lipinski definition) is 2. The number of fused-ring (bicyclic) bond motifs is 1. The van der Waals surface area contributed by atoms with Crippen LogP contribution in [0.15, 0.2) is 109 Å². The van der Waals surface area contributed by atoms with Gasteiger partial charge < -0.3 is 15.0 Å². The van der Waals surface area contributed by atoms with E-state index in [-0.39, 0.29) is 17.5 Å². The maximum atomic E-state index is 13.3. The minimum absolute atomic E-state index is 0.171. The van der Waals surface area contributed by atoms with E-state index in [2.05, 4.69) is 46.3 Å². The fourth-order valence-electron chi connectivity index (χ4n) is 4.48. The van der Waals surface area contributed by atoms with Gasteiger partial charge in [0.05, 0.1) is 22.7 Å². The molecule has 0 bridgehead atoms. The predicted octanol–water partition coefficient (Wildman–Crippen LogP) is 6.55. The lowest BCUT2D eigenvalue weighted by Gasteiger charge is -2.16. The molecule has 1 aromatic heterocycles. The summed E-state index contributed by atoms with van der Waals surface area (Å²) in [7, 11) is 0. The van der Waals surface area contributed by atoms with E-state index in [4.69, 9.17) is 5.11 Å². The van der Waals surface area contributed by atoms with Crippen LogP contribution >= 0.6 is 0 Å². The average Bonchev–Trinajstić information content (AvgIpc) is 3.32. The maximum Gasteiger partial charge on any atom is 0.335 e. The van der Waals surface area contributed by atoms with Crippen LogP contribution in [-0.2, 0) is 6.54 Å². The Labute approximate surface area is 209 Å². The quantitative estimate of drug-likeness (QED) is 0.281. The van der Waals surface area contributed by atoms with Gasteiger partial charge in [0.2, 0.25) is 0 Å². The van der Waals surface area contributed by atoms with Gasteiger partial charge in [-0.05, 0) is 53.4 Å². The predicted molar refractivity (Wildman–Crippen MR) is 142 cm³/mol. The number of nitrogens with zero attached hydrogens (tertiary/aromatic N) is 1. The molecule has 4 aromatic carbocycles. The second kappa shape index (κ2) is 9.92. The number of aromatic nitrogens is 1. The van der Waals surface area contributed by atoms with Crippen LogP contribution in [0.4, 0.5) is 0 Å². The van der Waals surface area contributed by atoms with E-state index in [1.807, 2.05) is 55.6 Å². The maximum absolute atomic E-state index is 13.3. The van der Waals surface area contributed by atoms with Crippen molar-refractivity contribution in [3.05, 3.63) is 132 Å². The number of carbonyl (C=O) groups excluding carboxylic acids is 1. The summed E-state index contributed by atoms with van der Waals surface area (Å²) in [6.07, 6.45) is 2.01. The van der Waals surface area contributed by atoms with Crippen LogP contribution < -0.4 is 5.32 Å². The first kappa shape index (κ1) is 23.1. The minimum atomic E-state index is -0.972. The number of carboxylic acids is 1. The molecule has 178 valence electrons. The number of hydrogen-bond acceptors (Lipinski definition) is 2. The number of nitrogens with one attached hydrogen (secondary N) is 1. The summed E-state index contributed by atoms with van der Waals surface area (Å²) < 4.78 is 2.11. The van der Waals surface area contributed by atoms with E-state index in [0.29, 0.717) is 12.1 Å². The highest BCUT2D eigenvalue weighted by molar-refractivity contribution is 6.06. The van der Waals surface area contributed by atoms with E-state index in [1.54, 1.807) is 24.3 Å². The van der Waals surface area contributed by atoms with Gasteiger partial charge in [0, 0.05) is 18.1 Å². The van der Waals surface area contributed by atoms with Gasteiger partial charge in [-0.1, -0.05) is 78.9 Å². The van der Waals surface area contributed by atoms with E-state index in [1.165, 1.54) is 11.1 Å². The fraction of sp³-hybridized carbons (Fsp3) is 0.0968. The number of rotatable bonds is 7. The number of carboxylic acid groups (broad SMARTS) is 1. The summed E-state index contributed by atoms with van der Waals surface area (Å²) in [6, 6.07) is 32.8. The third-order valence-electron chi connectivity index (χ3n) is 6.45. The Morgan fingerprint density at radius 1 is 0.806 bits per heavy atom. The molecule has 5 rings (SSSR count). The summed E-state index contributed by atoms with van der Waals surface area (Å²) in [5, 5.41) is 13.2. The molecule has 0 spiro atoms. The molecule has 0 fully saturated rings. The molecule has 2 N–H and O–H groups in total. The largest absolute Gasteiger partial charge is 0.478 e. The Morgan fingerprint density at radius 3 is 2.19 bits per heavy atom. The summed E-state index contributed by atoms with van der Waals surface area (Å²) in [4.78, 5) is 24.4. The Bertz CT molecular complexity index is 1520. The van der Waals surface area contributed by atoms with Crippen LogP contribution in [0.5, 0.6) is 0 Å². The lowest BCUT2D eigenvalue weighted by atomic mass is 10.0. The van der Waals surface area contributed by atoms with Crippen molar-refractivity contribution in [3.63, 3.8) is 0 Å². The van der Waals surface area contributed by atoms with Crippen molar-refractivity contribution in [2.24, 2.45) is 0 Å². The first-order valence-electron chi connectivity index (χ1n) is 11.9. The van der Waals surface area contributed by atoms with E-state index in [9.17, 15) is 9.59 Å². The van der Waals surface area contributed by atoms with Gasteiger partial charge in [0.15, 0.2) is 0 Å². The number of para-hydroxylation sites is 1. The monoisotopic (exact) mass is 474 g/mol. The molecule has 5 heteroatoms. The molecule has 1 heterocycles. The smallest absolute Gasteiger partial charge is 0.335 e. The van der Waals surface area contributed by atoms with E-state index >= 15 is 0 Å². The second-order valence-corrected chi connectivity index (χ2v) is 8.87. The van der Waals surface area contributed by atoms with Crippen molar-refractivity contribution in [3.8, 4) is 11.1 Å². The van der Waals surface area contributed by atoms with Crippen molar-refractivity contribution in [1.82, 2.24) is 9.88 Å². The molecule has 0 radical (unpaired) electrons. The molecule has 0 aliphatic heterocycles. The van der Waals surface area contributed by atoms with Crippen molar-refractivity contribution in [1.29, 1.82) is 0 Å². The molecule has 0 aliphatic carbocycles. The molecule has 1 atom stereocenters. The van der Waals surface area contributed by atoms with Gasteiger partial charge in [-0.3, -0.25) is 4.79 Å². The van der Waals surface area contributed by atoms with Crippen LogP contribution in [0.3, 0.4) is 0 Å². The van der Waals surface area contributed by atoms with Gasteiger partial charge in [-0.2, -0.15) is 0 Å². The molecule has 0 aliphatic rings. The number of carbonyl (C=O) groups is 2. The zero-order valence-electron chi connectivity index (χ0n) is 19.9. The Hall–Kier alpha value is -4.64. The van der Waals surface area contributed by atoms with Crippen LogP contribution in [0.25, 0.3) is 22.0 Å². The molecular formula is C31H26N2O3. The molecule has 36 heavy (non-hydrogen) atoms. The third-order valence-corrected chi connectivity index (χ3v) is 6.45. The average molecular weight is 475 g/mol. The molecular weight excluding hydrogens is 448 g/mol. The zero-order valence-corrected chi connectivity index (χ0v) is 19.9. The number of aromatic carboxylic acids is 1. The van der Waals surface area contributed by atoms with Crippen molar-refractivity contribution in [2.75, 3.05) is 0 Å². The Kier molecular flexibility index (Phi) is 6.37. The topological polar surface area (TPSA) is 71.3 Å². The minimum Gasteiger partial charge on any atom is -0.478 e. The van der Waals surface area contributed by atoms with Gasteiger partial charge in [-0.25, -0.2) is 4.79 Å². The highest BCUT2D eigenvalue weighted by Crippen LogP contribution is 2.24. The van der Waals surface area contributed by atoms with Crippen molar-refractivity contribution in [2.45, 2.75) is 19.5 Å². The van der Waals surface area contributed by atoms with Gasteiger partial charge >= 0.3 is 5.97 Å². The van der Waals surface area contributed by atoms with E-state index in [0.717, 1.165) is 22.0 Å². The van der Waals surface area contributed by atoms with E-state index < -0.39 is 5.97 Å². The highest BCUT2D eigenvalue weighted by Gasteiger charge is 2.17. The van der Waals surface area contributed by atoms with Gasteiger partial charge in [0.25, 0.3) is 5.91 Å². The lowest BCUT2D eigenvalue weighted by Crippen LogP contribution is -2.27. The summed E-state index contributed by atoms with van der Waals surface area (Å²) in [5.74, 6) is -1.14. The zero-order chi connectivity index (χ0) is 25.1. The standard InChI is InChI=1S/C31H26N2O3/c1-21(23-14-16-27(17-15-23)31(35)36)32-30(34)28-9-5-8-26-18-19-33(29(26)28)20-22-10-12-25(13-11-22)24-6-3-2-4-7-24/h2-19,21H,20H2,1H3,(H,32,34)(H,35,36). The third kappa shape index (κ3) is 4.77. The van der Waals surface area contributed by atoms with Crippen molar-refractivity contribution >= 4 is 22.8 Å². The van der Waals surface area contributed by atoms with Gasteiger partial charge in [-0.15, -0.1) is 0 Å². The fourth-order valence-corrected chi connectivity index (χ4v) is 4.48. The van der Waals surface area contributed by atoms with Crippen LogP contribution in [-0.4, -0.2) is 21.6 Å². The SMILES string of the molecule is CC(NC(=O)c1cccc2ccn(Cc3ccc(-c4ccccc4)cc3)c12)c1ccc(C(=O)O)cc1.